The summed E-state index contributed by atoms with van der Waals surface area (Å²) < 4.78 is 10.4. The second-order valence-electron chi connectivity index (χ2n) is 8.29. The Kier molecular flexibility index (Phi) is 10.6. The number of H-pyrrole nitrogens is 1. The van der Waals surface area contributed by atoms with Gasteiger partial charge in [0.1, 0.15) is 0 Å². The molecule has 0 unspecified atom stereocenters. The first-order chi connectivity index (χ1) is 14.5. The van der Waals surface area contributed by atoms with Crippen molar-refractivity contribution in [1.82, 2.24) is 4.98 Å². The van der Waals surface area contributed by atoms with Crippen LogP contribution < -0.4 is 14.9 Å². The van der Waals surface area contributed by atoms with E-state index < -0.39 is 6.10 Å². The molecule has 1 rings (SSSR count). The fourth-order valence-corrected chi connectivity index (χ4v) is 3.60. The van der Waals surface area contributed by atoms with Crippen molar-refractivity contribution in [2.24, 2.45) is 5.92 Å². The van der Waals surface area contributed by atoms with Crippen molar-refractivity contribution < 1.29 is 14.6 Å². The summed E-state index contributed by atoms with van der Waals surface area (Å²) in [7, 11) is 2.97. The molecule has 0 radical (unpaired) electrons. The standard InChI is InChI=1S/C26H39NO4/c1-10-19(5)23(28)20(6)15-18(4)14-17(3)13-16(2)11-12-22-21(7)24(29)25(30-8)26(27-22)31-9/h10-11,14-15,20,23,28H,12-13H2,1-9H3,(H,27,29)/t20-,23-/m0/s1. The molecule has 2 N–H and O–H groups in total. The van der Waals surface area contributed by atoms with E-state index in [9.17, 15) is 9.90 Å². The van der Waals surface area contributed by atoms with E-state index in [0.29, 0.717) is 17.9 Å². The van der Waals surface area contributed by atoms with Crippen LogP contribution in [0.2, 0.25) is 0 Å². The van der Waals surface area contributed by atoms with Crippen LogP contribution in [0.25, 0.3) is 0 Å². The summed E-state index contributed by atoms with van der Waals surface area (Å²) >= 11 is 0. The lowest BCUT2D eigenvalue weighted by molar-refractivity contribution is 0.173. The quantitative estimate of drug-likeness (QED) is 0.384. The topological polar surface area (TPSA) is 71.6 Å². The molecule has 0 aliphatic carbocycles. The highest BCUT2D eigenvalue weighted by molar-refractivity contribution is 5.40. The molecule has 1 aromatic heterocycles. The van der Waals surface area contributed by atoms with Gasteiger partial charge >= 0.3 is 0 Å². The van der Waals surface area contributed by atoms with Gasteiger partial charge in [0.2, 0.25) is 17.1 Å². The van der Waals surface area contributed by atoms with Crippen LogP contribution in [0.4, 0.5) is 0 Å². The van der Waals surface area contributed by atoms with Crippen LogP contribution in [0.3, 0.4) is 0 Å². The minimum atomic E-state index is -0.456. The summed E-state index contributed by atoms with van der Waals surface area (Å²) in [5.74, 6) is 0.608. The van der Waals surface area contributed by atoms with Gasteiger partial charge in [0.15, 0.2) is 0 Å². The lowest BCUT2D eigenvalue weighted by Crippen LogP contribution is -2.17. The van der Waals surface area contributed by atoms with Crippen LogP contribution in [-0.4, -0.2) is 30.4 Å². The Labute approximate surface area is 187 Å². The highest BCUT2D eigenvalue weighted by Crippen LogP contribution is 2.23. The van der Waals surface area contributed by atoms with Crippen LogP contribution in [0.1, 0.15) is 59.2 Å². The average Bonchev–Trinajstić information content (AvgIpc) is 2.72. The van der Waals surface area contributed by atoms with Gasteiger partial charge in [-0.15, -0.1) is 0 Å². The normalized spacial score (nSPS) is 15.7. The minimum absolute atomic E-state index is 0.0572. The van der Waals surface area contributed by atoms with Crippen molar-refractivity contribution in [3.05, 3.63) is 68.1 Å². The molecule has 0 saturated carbocycles. The monoisotopic (exact) mass is 429 g/mol. The number of aromatic nitrogens is 1. The van der Waals surface area contributed by atoms with Crippen molar-refractivity contribution in [1.29, 1.82) is 0 Å². The maximum absolute atomic E-state index is 12.5. The molecule has 2 atom stereocenters. The molecule has 0 aliphatic heterocycles. The maximum Gasteiger partial charge on any atom is 0.238 e. The predicted octanol–water partition coefficient (Wildman–Crippen LogP) is 5.44. The molecule has 0 bridgehead atoms. The number of aliphatic hydroxyl groups excluding tert-OH is 1. The first kappa shape index (κ1) is 26.5. The zero-order valence-corrected chi connectivity index (χ0v) is 20.6. The van der Waals surface area contributed by atoms with Gasteiger partial charge in [-0.2, -0.15) is 0 Å². The number of aromatic amines is 1. The van der Waals surface area contributed by atoms with Crippen LogP contribution in [0.15, 0.2) is 51.4 Å². The largest absolute Gasteiger partial charge is 0.488 e. The molecule has 0 aromatic carbocycles. The Morgan fingerprint density at radius 3 is 2.32 bits per heavy atom. The zero-order chi connectivity index (χ0) is 23.7. The number of hydrogen-bond donors (Lipinski definition) is 2. The first-order valence-corrected chi connectivity index (χ1v) is 10.7. The zero-order valence-electron chi connectivity index (χ0n) is 20.6. The third-order valence-corrected chi connectivity index (χ3v) is 5.51. The number of aliphatic hydroxyl groups is 1. The molecule has 5 heteroatoms. The van der Waals surface area contributed by atoms with Gasteiger partial charge in [-0.3, -0.25) is 4.79 Å². The molecule has 5 nitrogen and oxygen atoms in total. The highest BCUT2D eigenvalue weighted by atomic mass is 16.5. The molecule has 172 valence electrons. The van der Waals surface area contributed by atoms with Gasteiger partial charge < -0.3 is 19.6 Å². The second-order valence-corrected chi connectivity index (χ2v) is 8.29. The summed E-state index contributed by atoms with van der Waals surface area (Å²) in [4.78, 5) is 15.6. The van der Waals surface area contributed by atoms with E-state index >= 15 is 0 Å². The lowest BCUT2D eigenvalue weighted by atomic mass is 9.95. The number of nitrogens with one attached hydrogen (secondary N) is 1. The molecular formula is C26H39NO4. The van der Waals surface area contributed by atoms with Gasteiger partial charge in [-0.25, -0.2) is 0 Å². The summed E-state index contributed by atoms with van der Waals surface area (Å²) in [5.41, 5.74) is 5.89. The second kappa shape index (κ2) is 12.4. The van der Waals surface area contributed by atoms with Gasteiger partial charge in [0, 0.05) is 23.6 Å². The van der Waals surface area contributed by atoms with Crippen LogP contribution >= 0.6 is 0 Å². The highest BCUT2D eigenvalue weighted by Gasteiger charge is 2.15. The maximum atomic E-state index is 12.5. The van der Waals surface area contributed by atoms with Crippen molar-refractivity contribution in [2.45, 2.75) is 67.4 Å². The van der Waals surface area contributed by atoms with E-state index in [1.807, 2.05) is 26.8 Å². The summed E-state index contributed by atoms with van der Waals surface area (Å²) in [6.45, 7) is 14.0. The number of methoxy groups -OCH3 is 2. The van der Waals surface area contributed by atoms with Crippen molar-refractivity contribution >= 4 is 0 Å². The van der Waals surface area contributed by atoms with Gasteiger partial charge in [0.25, 0.3) is 0 Å². The summed E-state index contributed by atoms with van der Waals surface area (Å²) in [5, 5.41) is 10.3. The van der Waals surface area contributed by atoms with Gasteiger partial charge in [0.05, 0.1) is 20.3 Å². The molecular weight excluding hydrogens is 390 g/mol. The number of hydrogen-bond acceptors (Lipinski definition) is 4. The van der Waals surface area contributed by atoms with E-state index in [4.69, 9.17) is 9.47 Å². The fourth-order valence-electron chi connectivity index (χ4n) is 3.60. The molecule has 0 spiro atoms. The summed E-state index contributed by atoms with van der Waals surface area (Å²) in [6.07, 6.45) is 9.35. The fraction of sp³-hybridized carbons (Fsp3) is 0.500. The molecule has 0 aliphatic rings. The first-order valence-electron chi connectivity index (χ1n) is 10.7. The van der Waals surface area contributed by atoms with Gasteiger partial charge in [-0.05, 0) is 53.5 Å². The summed E-state index contributed by atoms with van der Waals surface area (Å²) in [6, 6.07) is 0. The van der Waals surface area contributed by atoms with Crippen LogP contribution in [-0.2, 0) is 6.42 Å². The third-order valence-electron chi connectivity index (χ3n) is 5.51. The number of allylic oxidation sites excluding steroid dienone is 6. The van der Waals surface area contributed by atoms with E-state index in [-0.39, 0.29) is 17.1 Å². The van der Waals surface area contributed by atoms with E-state index in [2.05, 4.69) is 44.0 Å². The third kappa shape index (κ3) is 7.59. The minimum Gasteiger partial charge on any atom is -0.488 e. The van der Waals surface area contributed by atoms with E-state index in [1.165, 1.54) is 25.4 Å². The Hall–Kier alpha value is -2.53. The van der Waals surface area contributed by atoms with Crippen LogP contribution in [0.5, 0.6) is 11.6 Å². The van der Waals surface area contributed by atoms with E-state index in [1.54, 1.807) is 6.92 Å². The van der Waals surface area contributed by atoms with E-state index in [0.717, 1.165) is 23.3 Å². The average molecular weight is 430 g/mol. The predicted molar refractivity (Wildman–Crippen MR) is 129 cm³/mol. The van der Waals surface area contributed by atoms with Crippen molar-refractivity contribution in [2.75, 3.05) is 14.2 Å². The molecule has 1 heterocycles. The SMILES string of the molecule is CC=C(C)[C@H](O)[C@@H](C)C=C(C)C=C(C)CC(C)=CCc1[nH]c(OC)c(OC)c(=O)c1C. The molecule has 0 saturated heterocycles. The Morgan fingerprint density at radius 2 is 1.77 bits per heavy atom. The Morgan fingerprint density at radius 1 is 1.13 bits per heavy atom. The number of rotatable bonds is 10. The molecule has 31 heavy (non-hydrogen) atoms. The number of pyridine rings is 1. The molecule has 1 aromatic rings. The smallest absolute Gasteiger partial charge is 0.238 e. The number of ether oxygens (including phenoxy) is 2. The molecule has 0 fully saturated rings. The van der Waals surface area contributed by atoms with Crippen molar-refractivity contribution in [3.63, 3.8) is 0 Å². The lowest BCUT2D eigenvalue weighted by Gasteiger charge is -2.17. The van der Waals surface area contributed by atoms with Crippen molar-refractivity contribution in [3.8, 4) is 11.6 Å². The van der Waals surface area contributed by atoms with Crippen LogP contribution in [0, 0.1) is 12.8 Å². The Bertz CT molecular complexity index is 931. The van der Waals surface area contributed by atoms with Gasteiger partial charge in [-0.1, -0.05) is 47.9 Å². The Balaban J connectivity index is 2.92. The molecule has 0 amide bonds.